The highest BCUT2D eigenvalue weighted by atomic mass is 35.5. The normalized spacial score (nSPS) is 11.7. The van der Waals surface area contributed by atoms with Crippen LogP contribution >= 0.6 is 11.6 Å². The van der Waals surface area contributed by atoms with E-state index in [2.05, 4.69) is 10.3 Å². The molecule has 2 aromatic carbocycles. The zero-order valence-corrected chi connectivity index (χ0v) is 15.1. The lowest BCUT2D eigenvalue weighted by Crippen LogP contribution is -2.06. The van der Waals surface area contributed by atoms with Crippen molar-refractivity contribution in [3.8, 4) is 5.69 Å². The molecule has 0 bridgehead atoms. The van der Waals surface area contributed by atoms with Gasteiger partial charge in [0.15, 0.2) is 0 Å². The largest absolute Gasteiger partial charge is 0.227 e. The zero-order chi connectivity index (χ0) is 17.5. The molecule has 0 aliphatic rings. The number of benzene rings is 2. The lowest BCUT2D eigenvalue weighted by molar-refractivity contribution is 0.591. The first-order chi connectivity index (χ1) is 11.3. The van der Waals surface area contributed by atoms with Gasteiger partial charge in [0.2, 0.25) is 14.9 Å². The number of hydrogen-bond acceptors (Lipinski definition) is 4. The van der Waals surface area contributed by atoms with Crippen molar-refractivity contribution in [1.29, 1.82) is 0 Å². The Hall–Kier alpha value is -2.18. The molecule has 3 rings (SSSR count). The topological polar surface area (TPSA) is 64.8 Å². The molecule has 0 saturated heterocycles. The van der Waals surface area contributed by atoms with Gasteiger partial charge >= 0.3 is 0 Å². The molecule has 7 heteroatoms. The standard InChI is InChI=1S/C17H16ClN3O2S/c1-11-4-9-16(10-12(11)2)24(22,23)17-13(3)21(20-19-17)15-7-5-14(18)6-8-15/h4-10H,1-3H3. The Kier molecular flexibility index (Phi) is 4.19. The van der Waals surface area contributed by atoms with Gasteiger partial charge in [-0.15, -0.1) is 5.10 Å². The summed E-state index contributed by atoms with van der Waals surface area (Å²) in [6, 6.07) is 12.0. The summed E-state index contributed by atoms with van der Waals surface area (Å²) in [6.45, 7) is 5.50. The summed E-state index contributed by atoms with van der Waals surface area (Å²) >= 11 is 5.88. The minimum Gasteiger partial charge on any atom is -0.217 e. The second-order valence-electron chi connectivity index (χ2n) is 5.62. The van der Waals surface area contributed by atoms with Crippen LogP contribution in [0.4, 0.5) is 0 Å². The van der Waals surface area contributed by atoms with Crippen LogP contribution in [-0.4, -0.2) is 23.4 Å². The summed E-state index contributed by atoms with van der Waals surface area (Å²) in [7, 11) is -3.72. The smallest absolute Gasteiger partial charge is 0.217 e. The molecular weight excluding hydrogens is 346 g/mol. The maximum atomic E-state index is 12.9. The van der Waals surface area contributed by atoms with Gasteiger partial charge in [0, 0.05) is 5.02 Å². The van der Waals surface area contributed by atoms with Crippen LogP contribution in [0.1, 0.15) is 16.8 Å². The van der Waals surface area contributed by atoms with Crippen LogP contribution < -0.4 is 0 Å². The van der Waals surface area contributed by atoms with Crippen LogP contribution in [0.2, 0.25) is 5.02 Å². The Labute approximate surface area is 145 Å². The van der Waals surface area contributed by atoms with E-state index in [1.165, 1.54) is 4.68 Å². The Bertz CT molecular complexity index is 1010. The highest BCUT2D eigenvalue weighted by Gasteiger charge is 2.26. The van der Waals surface area contributed by atoms with Gasteiger partial charge in [0.1, 0.15) is 0 Å². The average Bonchev–Trinajstić information content (AvgIpc) is 2.93. The molecule has 0 amide bonds. The Morgan fingerprint density at radius 1 is 0.958 bits per heavy atom. The van der Waals surface area contributed by atoms with Crippen molar-refractivity contribution >= 4 is 21.4 Å². The lowest BCUT2D eigenvalue weighted by atomic mass is 10.1. The van der Waals surface area contributed by atoms with E-state index in [0.29, 0.717) is 16.4 Å². The van der Waals surface area contributed by atoms with Crippen molar-refractivity contribution in [2.24, 2.45) is 0 Å². The molecule has 0 aliphatic heterocycles. The number of aryl methyl sites for hydroxylation is 2. The van der Waals surface area contributed by atoms with Gasteiger partial charge < -0.3 is 0 Å². The van der Waals surface area contributed by atoms with Gasteiger partial charge in [-0.3, -0.25) is 0 Å². The first-order valence-electron chi connectivity index (χ1n) is 7.31. The number of sulfone groups is 1. The number of halogens is 1. The summed E-state index contributed by atoms with van der Waals surface area (Å²) in [4.78, 5) is 0.219. The molecule has 0 spiro atoms. The van der Waals surface area contributed by atoms with Gasteiger partial charge in [0.25, 0.3) is 0 Å². The van der Waals surface area contributed by atoms with Gasteiger partial charge in [-0.1, -0.05) is 22.9 Å². The second-order valence-corrected chi connectivity index (χ2v) is 7.92. The van der Waals surface area contributed by atoms with Crippen molar-refractivity contribution < 1.29 is 8.42 Å². The SMILES string of the molecule is Cc1ccc(S(=O)(=O)c2nnn(-c3ccc(Cl)cc3)c2C)cc1C. The fourth-order valence-corrected chi connectivity index (χ4v) is 3.93. The number of nitrogens with zero attached hydrogens (tertiary/aromatic N) is 3. The van der Waals surface area contributed by atoms with E-state index in [-0.39, 0.29) is 9.92 Å². The number of aromatic nitrogens is 3. The molecule has 5 nitrogen and oxygen atoms in total. The van der Waals surface area contributed by atoms with Gasteiger partial charge in [-0.2, -0.15) is 0 Å². The second kappa shape index (κ2) is 6.03. The summed E-state index contributed by atoms with van der Waals surface area (Å²) in [5.41, 5.74) is 3.11. The third kappa shape index (κ3) is 2.83. The van der Waals surface area contributed by atoms with Gasteiger partial charge in [-0.25, -0.2) is 13.1 Å². The fraction of sp³-hybridized carbons (Fsp3) is 0.176. The predicted molar refractivity (Wildman–Crippen MR) is 92.5 cm³/mol. The monoisotopic (exact) mass is 361 g/mol. The summed E-state index contributed by atoms with van der Waals surface area (Å²) in [5.74, 6) is 0. The summed E-state index contributed by atoms with van der Waals surface area (Å²) in [6.07, 6.45) is 0. The Morgan fingerprint density at radius 2 is 1.62 bits per heavy atom. The maximum Gasteiger partial charge on any atom is 0.227 e. The van der Waals surface area contributed by atoms with E-state index in [1.807, 2.05) is 13.8 Å². The van der Waals surface area contributed by atoms with E-state index in [9.17, 15) is 8.42 Å². The molecule has 0 radical (unpaired) electrons. The Morgan fingerprint density at radius 3 is 2.25 bits per heavy atom. The third-order valence-electron chi connectivity index (χ3n) is 3.97. The van der Waals surface area contributed by atoms with Crippen molar-refractivity contribution in [3.63, 3.8) is 0 Å². The molecule has 124 valence electrons. The number of hydrogen-bond donors (Lipinski definition) is 0. The molecule has 0 atom stereocenters. The molecule has 24 heavy (non-hydrogen) atoms. The van der Waals surface area contributed by atoms with E-state index in [4.69, 9.17) is 11.6 Å². The molecule has 1 aromatic heterocycles. The number of rotatable bonds is 3. The molecule has 1 heterocycles. The maximum absolute atomic E-state index is 12.9. The van der Waals surface area contributed by atoms with Crippen molar-refractivity contribution in [2.75, 3.05) is 0 Å². The van der Waals surface area contributed by atoms with E-state index in [1.54, 1.807) is 49.4 Å². The lowest BCUT2D eigenvalue weighted by Gasteiger charge is -2.07. The van der Waals surface area contributed by atoms with E-state index < -0.39 is 9.84 Å². The van der Waals surface area contributed by atoms with Crippen LogP contribution in [0.15, 0.2) is 52.4 Å². The molecule has 0 saturated carbocycles. The van der Waals surface area contributed by atoms with Crippen LogP contribution in [0.5, 0.6) is 0 Å². The first-order valence-corrected chi connectivity index (χ1v) is 9.17. The Balaban J connectivity index is 2.09. The van der Waals surface area contributed by atoms with Gasteiger partial charge in [0.05, 0.1) is 16.3 Å². The molecule has 0 unspecified atom stereocenters. The average molecular weight is 362 g/mol. The molecule has 0 N–H and O–H groups in total. The predicted octanol–water partition coefficient (Wildman–Crippen LogP) is 3.68. The molecular formula is C17H16ClN3O2S. The van der Waals surface area contributed by atoms with Crippen LogP contribution in [0, 0.1) is 20.8 Å². The zero-order valence-electron chi connectivity index (χ0n) is 13.5. The summed E-state index contributed by atoms with van der Waals surface area (Å²) < 4.78 is 27.3. The highest BCUT2D eigenvalue weighted by molar-refractivity contribution is 7.91. The fourth-order valence-electron chi connectivity index (χ4n) is 2.38. The van der Waals surface area contributed by atoms with E-state index in [0.717, 1.165) is 11.1 Å². The van der Waals surface area contributed by atoms with Gasteiger partial charge in [-0.05, 0) is 68.3 Å². The van der Waals surface area contributed by atoms with Crippen molar-refractivity contribution in [3.05, 3.63) is 64.3 Å². The minimum atomic E-state index is -3.72. The van der Waals surface area contributed by atoms with Crippen LogP contribution in [0.3, 0.4) is 0 Å². The summed E-state index contributed by atoms with van der Waals surface area (Å²) in [5, 5.41) is 8.45. The third-order valence-corrected chi connectivity index (χ3v) is 5.98. The molecule has 3 aromatic rings. The van der Waals surface area contributed by atoms with Crippen LogP contribution in [0.25, 0.3) is 5.69 Å². The van der Waals surface area contributed by atoms with Crippen LogP contribution in [-0.2, 0) is 9.84 Å². The molecule has 0 fully saturated rings. The quantitative estimate of drug-likeness (QED) is 0.713. The molecule has 0 aliphatic carbocycles. The first kappa shape index (κ1) is 16.7. The van der Waals surface area contributed by atoms with Crippen molar-refractivity contribution in [2.45, 2.75) is 30.7 Å². The highest BCUT2D eigenvalue weighted by Crippen LogP contribution is 2.25. The van der Waals surface area contributed by atoms with Crippen molar-refractivity contribution in [1.82, 2.24) is 15.0 Å². The minimum absolute atomic E-state index is 0.0410. The van der Waals surface area contributed by atoms with E-state index >= 15 is 0 Å².